The van der Waals surface area contributed by atoms with Crippen molar-refractivity contribution in [2.45, 2.75) is 70.9 Å². The lowest BCUT2D eigenvalue weighted by atomic mass is 9.77. The van der Waals surface area contributed by atoms with E-state index in [1.54, 1.807) is 0 Å². The number of hydrogen-bond acceptors (Lipinski definition) is 2. The molecule has 0 heterocycles. The summed E-state index contributed by atoms with van der Waals surface area (Å²) in [5.41, 5.74) is 5.88. The summed E-state index contributed by atoms with van der Waals surface area (Å²) in [6.45, 7) is 5.65. The molecule has 0 radical (unpaired) electrons. The highest BCUT2D eigenvalue weighted by atomic mass is 15.0. The maximum atomic E-state index is 5.88. The van der Waals surface area contributed by atoms with Crippen LogP contribution in [-0.4, -0.2) is 18.6 Å². The van der Waals surface area contributed by atoms with Crippen LogP contribution >= 0.6 is 0 Å². The zero-order valence-corrected chi connectivity index (χ0v) is 11.6. The fourth-order valence-electron chi connectivity index (χ4n) is 3.98. The van der Waals surface area contributed by atoms with Crippen molar-refractivity contribution < 1.29 is 0 Å². The molecule has 0 aromatic rings. The van der Waals surface area contributed by atoms with Crippen LogP contribution in [0.25, 0.3) is 0 Å². The molecule has 2 heteroatoms. The molecule has 0 amide bonds. The van der Waals surface area contributed by atoms with Crippen molar-refractivity contribution in [1.29, 1.82) is 0 Å². The van der Waals surface area contributed by atoms with E-state index in [9.17, 15) is 0 Å². The minimum Gasteiger partial charge on any atom is -0.330 e. The van der Waals surface area contributed by atoms with Gasteiger partial charge in [-0.15, -0.1) is 0 Å². The van der Waals surface area contributed by atoms with Crippen LogP contribution in [0.2, 0.25) is 0 Å². The predicted molar refractivity (Wildman–Crippen MR) is 73.9 cm³/mol. The number of nitrogens with two attached hydrogens (primary N) is 1. The Morgan fingerprint density at radius 3 is 2.41 bits per heavy atom. The minimum absolute atomic E-state index is 0.712. The van der Waals surface area contributed by atoms with Crippen molar-refractivity contribution >= 4 is 0 Å². The SMILES string of the molecule is CC(C)C1CCCCC1NC1CCCC1CN. The van der Waals surface area contributed by atoms with Gasteiger partial charge in [-0.2, -0.15) is 0 Å². The summed E-state index contributed by atoms with van der Waals surface area (Å²) < 4.78 is 0. The highest BCUT2D eigenvalue weighted by molar-refractivity contribution is 4.90. The lowest BCUT2D eigenvalue weighted by molar-refractivity contribution is 0.182. The summed E-state index contributed by atoms with van der Waals surface area (Å²) in [5, 5.41) is 3.97. The van der Waals surface area contributed by atoms with Gasteiger partial charge in [-0.25, -0.2) is 0 Å². The molecule has 2 fully saturated rings. The van der Waals surface area contributed by atoms with E-state index < -0.39 is 0 Å². The fourth-order valence-corrected chi connectivity index (χ4v) is 3.98. The average molecular weight is 238 g/mol. The van der Waals surface area contributed by atoms with E-state index in [1.165, 1.54) is 44.9 Å². The third-order valence-electron chi connectivity index (χ3n) is 5.07. The van der Waals surface area contributed by atoms with Crippen LogP contribution in [0, 0.1) is 17.8 Å². The molecule has 2 aliphatic rings. The van der Waals surface area contributed by atoms with E-state index in [0.717, 1.165) is 30.3 Å². The number of nitrogens with one attached hydrogen (secondary N) is 1. The quantitative estimate of drug-likeness (QED) is 0.790. The zero-order valence-electron chi connectivity index (χ0n) is 11.6. The second-order valence-corrected chi connectivity index (χ2v) is 6.50. The summed E-state index contributed by atoms with van der Waals surface area (Å²) in [6.07, 6.45) is 9.73. The van der Waals surface area contributed by atoms with Gasteiger partial charge >= 0.3 is 0 Å². The van der Waals surface area contributed by atoms with Gasteiger partial charge < -0.3 is 11.1 Å². The molecule has 4 unspecified atom stereocenters. The molecule has 0 saturated heterocycles. The topological polar surface area (TPSA) is 38.0 Å². The minimum atomic E-state index is 0.712. The van der Waals surface area contributed by atoms with E-state index in [4.69, 9.17) is 5.73 Å². The molecule has 2 aliphatic carbocycles. The second kappa shape index (κ2) is 6.19. The Bertz CT molecular complexity index is 227. The molecule has 2 nitrogen and oxygen atoms in total. The smallest absolute Gasteiger partial charge is 0.0110 e. The van der Waals surface area contributed by atoms with Gasteiger partial charge in [-0.1, -0.05) is 33.1 Å². The monoisotopic (exact) mass is 238 g/mol. The predicted octanol–water partition coefficient (Wildman–Crippen LogP) is 2.92. The van der Waals surface area contributed by atoms with Gasteiger partial charge in [0.25, 0.3) is 0 Å². The van der Waals surface area contributed by atoms with Crippen LogP contribution in [0.15, 0.2) is 0 Å². The largest absolute Gasteiger partial charge is 0.330 e. The number of rotatable bonds is 4. The summed E-state index contributed by atoms with van der Waals surface area (Å²) in [6, 6.07) is 1.48. The molecule has 3 N–H and O–H groups in total. The molecule has 100 valence electrons. The standard InChI is InChI=1S/C15H30N2/c1-11(2)13-7-3-4-8-15(13)17-14-9-5-6-12(14)10-16/h11-15,17H,3-10,16H2,1-2H3. The zero-order chi connectivity index (χ0) is 12.3. The third-order valence-corrected chi connectivity index (χ3v) is 5.07. The van der Waals surface area contributed by atoms with Gasteiger partial charge in [0.1, 0.15) is 0 Å². The van der Waals surface area contributed by atoms with Gasteiger partial charge in [0.2, 0.25) is 0 Å². The van der Waals surface area contributed by atoms with Crippen molar-refractivity contribution in [1.82, 2.24) is 5.32 Å². The van der Waals surface area contributed by atoms with Crippen LogP contribution in [0.1, 0.15) is 58.8 Å². The van der Waals surface area contributed by atoms with Crippen molar-refractivity contribution in [3.63, 3.8) is 0 Å². The lowest BCUT2D eigenvalue weighted by Crippen LogP contribution is -2.48. The van der Waals surface area contributed by atoms with Crippen molar-refractivity contribution in [2.75, 3.05) is 6.54 Å². The molecule has 2 rings (SSSR count). The Balaban J connectivity index is 1.91. The molecule has 0 aliphatic heterocycles. The molecule has 0 spiro atoms. The van der Waals surface area contributed by atoms with Crippen molar-refractivity contribution in [2.24, 2.45) is 23.5 Å². The number of hydrogen-bond donors (Lipinski definition) is 2. The normalized spacial score (nSPS) is 38.8. The molecular formula is C15H30N2. The molecule has 2 saturated carbocycles. The van der Waals surface area contributed by atoms with E-state index in [1.807, 2.05) is 0 Å². The summed E-state index contributed by atoms with van der Waals surface area (Å²) in [4.78, 5) is 0. The first kappa shape index (κ1) is 13.4. The summed E-state index contributed by atoms with van der Waals surface area (Å²) in [7, 11) is 0. The second-order valence-electron chi connectivity index (χ2n) is 6.50. The van der Waals surface area contributed by atoms with Crippen LogP contribution < -0.4 is 11.1 Å². The van der Waals surface area contributed by atoms with Crippen LogP contribution in [0.5, 0.6) is 0 Å². The van der Waals surface area contributed by atoms with E-state index in [-0.39, 0.29) is 0 Å². The van der Waals surface area contributed by atoms with Crippen molar-refractivity contribution in [3.8, 4) is 0 Å². The van der Waals surface area contributed by atoms with E-state index >= 15 is 0 Å². The fraction of sp³-hybridized carbons (Fsp3) is 1.00. The van der Waals surface area contributed by atoms with Crippen LogP contribution in [-0.2, 0) is 0 Å². The van der Waals surface area contributed by atoms with Gasteiger partial charge in [-0.05, 0) is 50.0 Å². The lowest BCUT2D eigenvalue weighted by Gasteiger charge is -2.38. The molecule has 0 bridgehead atoms. The summed E-state index contributed by atoms with van der Waals surface area (Å²) >= 11 is 0. The summed E-state index contributed by atoms with van der Waals surface area (Å²) in [5.74, 6) is 2.46. The Labute approximate surface area is 107 Å². The first-order valence-electron chi connectivity index (χ1n) is 7.68. The third kappa shape index (κ3) is 3.23. The highest BCUT2D eigenvalue weighted by Crippen LogP contribution is 2.33. The van der Waals surface area contributed by atoms with Gasteiger partial charge in [0, 0.05) is 12.1 Å². The maximum absolute atomic E-state index is 5.88. The van der Waals surface area contributed by atoms with Crippen LogP contribution in [0.3, 0.4) is 0 Å². The molecular weight excluding hydrogens is 208 g/mol. The van der Waals surface area contributed by atoms with Gasteiger partial charge in [0.15, 0.2) is 0 Å². The first-order chi connectivity index (χ1) is 8.22. The average Bonchev–Trinajstić information content (AvgIpc) is 2.77. The maximum Gasteiger partial charge on any atom is 0.0110 e. The van der Waals surface area contributed by atoms with Gasteiger partial charge in [-0.3, -0.25) is 0 Å². The highest BCUT2D eigenvalue weighted by Gasteiger charge is 2.33. The first-order valence-corrected chi connectivity index (χ1v) is 7.68. The Morgan fingerprint density at radius 2 is 1.71 bits per heavy atom. The van der Waals surface area contributed by atoms with Gasteiger partial charge in [0.05, 0.1) is 0 Å². The Kier molecular flexibility index (Phi) is 4.87. The van der Waals surface area contributed by atoms with E-state index in [2.05, 4.69) is 19.2 Å². The van der Waals surface area contributed by atoms with E-state index in [0.29, 0.717) is 6.04 Å². The molecule has 0 aromatic carbocycles. The molecule has 0 aromatic heterocycles. The van der Waals surface area contributed by atoms with Crippen LogP contribution in [0.4, 0.5) is 0 Å². The van der Waals surface area contributed by atoms with Crippen molar-refractivity contribution in [3.05, 3.63) is 0 Å². The molecule has 17 heavy (non-hydrogen) atoms. The molecule has 4 atom stereocenters. The Morgan fingerprint density at radius 1 is 1.00 bits per heavy atom. The Hall–Kier alpha value is -0.0800.